The summed E-state index contributed by atoms with van der Waals surface area (Å²) in [5.41, 5.74) is 5.91. The monoisotopic (exact) mass is 513 g/mol. The van der Waals surface area contributed by atoms with Gasteiger partial charge in [-0.25, -0.2) is 9.37 Å². The van der Waals surface area contributed by atoms with Gasteiger partial charge in [-0.3, -0.25) is 9.59 Å². The second-order valence-corrected chi connectivity index (χ2v) is 9.82. The molecule has 6 rings (SSSR count). The summed E-state index contributed by atoms with van der Waals surface area (Å²) in [6, 6.07) is 12.0. The molecule has 0 fully saturated rings. The lowest BCUT2D eigenvalue weighted by atomic mass is 9.98. The molecule has 4 aromatic rings. The third kappa shape index (κ3) is 4.09. The van der Waals surface area contributed by atoms with Crippen molar-refractivity contribution in [2.24, 2.45) is 7.05 Å². The van der Waals surface area contributed by atoms with Crippen LogP contribution in [0.3, 0.4) is 0 Å². The molecule has 1 aromatic carbocycles. The van der Waals surface area contributed by atoms with Crippen LogP contribution in [0.15, 0.2) is 59.7 Å². The number of carbonyl (C=O) groups excluding carboxylic acids is 1. The van der Waals surface area contributed by atoms with Gasteiger partial charge in [0.2, 0.25) is 0 Å². The van der Waals surface area contributed by atoms with Crippen molar-refractivity contribution < 1.29 is 14.3 Å². The van der Waals surface area contributed by atoms with Gasteiger partial charge in [-0.05, 0) is 67.1 Å². The van der Waals surface area contributed by atoms with Crippen molar-refractivity contribution >= 4 is 23.1 Å². The van der Waals surface area contributed by atoms with E-state index in [9.17, 15) is 19.1 Å². The van der Waals surface area contributed by atoms with Gasteiger partial charge >= 0.3 is 0 Å². The number of hydrogen-bond acceptors (Lipinski definition) is 5. The van der Waals surface area contributed by atoms with Crippen LogP contribution >= 0.6 is 0 Å². The number of aromatic nitrogens is 3. The number of anilines is 3. The van der Waals surface area contributed by atoms with Crippen LogP contribution in [-0.4, -0.2) is 31.7 Å². The molecule has 1 aliphatic heterocycles. The van der Waals surface area contributed by atoms with Crippen molar-refractivity contribution in [3.05, 3.63) is 93.5 Å². The van der Waals surface area contributed by atoms with Crippen molar-refractivity contribution in [2.45, 2.75) is 38.8 Å². The first-order chi connectivity index (χ1) is 18.4. The molecule has 0 radical (unpaired) electrons. The molecule has 8 nitrogen and oxygen atoms in total. The van der Waals surface area contributed by atoms with Gasteiger partial charge in [-0.2, -0.15) is 0 Å². The minimum Gasteiger partial charge on any atom is -0.392 e. The topological polar surface area (TPSA) is 92.4 Å². The zero-order valence-corrected chi connectivity index (χ0v) is 21.1. The summed E-state index contributed by atoms with van der Waals surface area (Å²) in [5.74, 6) is -0.203. The number of fused-ring (bicyclic) bond motifs is 3. The summed E-state index contributed by atoms with van der Waals surface area (Å²) in [6.45, 7) is 0.946. The Balaban J connectivity index is 1.39. The van der Waals surface area contributed by atoms with E-state index < -0.39 is 5.82 Å². The smallest absolute Gasteiger partial charge is 0.274 e. The molecule has 1 amide bonds. The molecule has 0 saturated carbocycles. The van der Waals surface area contributed by atoms with E-state index in [1.807, 2.05) is 24.3 Å². The number of halogens is 1. The predicted octanol–water partition coefficient (Wildman–Crippen LogP) is 4.16. The number of carbonyl (C=O) groups is 1. The lowest BCUT2D eigenvalue weighted by Gasteiger charge is -2.31. The maximum absolute atomic E-state index is 13.7. The fraction of sp³-hybridized carbons (Fsp3) is 0.276. The van der Waals surface area contributed by atoms with Crippen LogP contribution in [-0.2, 0) is 33.0 Å². The van der Waals surface area contributed by atoms with Crippen molar-refractivity contribution in [3.8, 4) is 11.1 Å². The van der Waals surface area contributed by atoms with E-state index in [-0.39, 0.29) is 23.8 Å². The molecule has 2 aliphatic rings. The maximum atomic E-state index is 13.7. The zero-order chi connectivity index (χ0) is 26.4. The van der Waals surface area contributed by atoms with Crippen LogP contribution in [0.4, 0.5) is 21.6 Å². The second kappa shape index (κ2) is 9.57. The summed E-state index contributed by atoms with van der Waals surface area (Å²) in [6.07, 6.45) is 7.10. The van der Waals surface area contributed by atoms with E-state index in [2.05, 4.69) is 14.9 Å². The van der Waals surface area contributed by atoms with Gasteiger partial charge in [-0.1, -0.05) is 12.1 Å². The Hall–Kier alpha value is -4.24. The average molecular weight is 514 g/mol. The minimum atomic E-state index is -0.471. The predicted molar refractivity (Wildman–Crippen MR) is 143 cm³/mol. The maximum Gasteiger partial charge on any atom is 0.274 e. The third-order valence-electron chi connectivity index (χ3n) is 7.50. The van der Waals surface area contributed by atoms with Crippen LogP contribution in [0.1, 0.15) is 40.2 Å². The average Bonchev–Trinajstić information content (AvgIpc) is 3.32. The number of aryl methyl sites for hydroxylation is 2. The number of benzene rings is 1. The van der Waals surface area contributed by atoms with E-state index in [0.717, 1.165) is 31.9 Å². The summed E-state index contributed by atoms with van der Waals surface area (Å²) >= 11 is 0. The highest BCUT2D eigenvalue weighted by Crippen LogP contribution is 2.35. The highest BCUT2D eigenvalue weighted by molar-refractivity contribution is 6.07. The molecular formula is C29H28FN5O3. The molecule has 38 heavy (non-hydrogen) atoms. The summed E-state index contributed by atoms with van der Waals surface area (Å²) in [4.78, 5) is 32.2. The molecule has 2 N–H and O–H groups in total. The number of rotatable bonds is 5. The molecule has 0 spiro atoms. The molecule has 0 unspecified atom stereocenters. The SMILES string of the molecule is Cn1cc(-c2cccc(N3CCn4c(cc5c4CCCC5)C3=O)c2CO)cc(Nc2ccc(F)cn2)c1=O. The molecule has 194 valence electrons. The summed E-state index contributed by atoms with van der Waals surface area (Å²) < 4.78 is 16.9. The van der Waals surface area contributed by atoms with Crippen LogP contribution in [0.5, 0.6) is 0 Å². The molecular weight excluding hydrogens is 485 g/mol. The first kappa shape index (κ1) is 24.1. The number of aliphatic hydroxyl groups excluding tert-OH is 1. The quantitative estimate of drug-likeness (QED) is 0.418. The van der Waals surface area contributed by atoms with Gasteiger partial charge in [-0.15, -0.1) is 0 Å². The second-order valence-electron chi connectivity index (χ2n) is 9.82. The fourth-order valence-corrected chi connectivity index (χ4v) is 5.67. The number of pyridine rings is 2. The number of hydrogen-bond donors (Lipinski definition) is 2. The molecule has 1 aliphatic carbocycles. The van der Waals surface area contributed by atoms with Gasteiger partial charge in [0.1, 0.15) is 23.0 Å². The van der Waals surface area contributed by atoms with Gasteiger partial charge in [0.05, 0.1) is 18.5 Å². The van der Waals surface area contributed by atoms with Crippen molar-refractivity contribution in [2.75, 3.05) is 16.8 Å². The Kier molecular flexibility index (Phi) is 6.07. The van der Waals surface area contributed by atoms with E-state index in [1.165, 1.54) is 28.0 Å². The zero-order valence-electron chi connectivity index (χ0n) is 21.1. The summed E-state index contributed by atoms with van der Waals surface area (Å²) in [7, 11) is 1.64. The standard InChI is InChI=1S/C29H28FN5O3/c1-33-16-19(13-23(28(33)37)32-27-10-9-20(30)15-31-27)21-6-4-8-25(22(21)17-36)35-12-11-34-24-7-3-2-5-18(24)14-26(34)29(35)38/h4,6,8-10,13-16,36H,2-3,5,7,11-12,17H2,1H3,(H,31,32). The molecule has 9 heteroatoms. The first-order valence-corrected chi connectivity index (χ1v) is 12.8. The third-order valence-corrected chi connectivity index (χ3v) is 7.50. The number of aliphatic hydroxyl groups is 1. The highest BCUT2D eigenvalue weighted by atomic mass is 19.1. The number of nitrogens with one attached hydrogen (secondary N) is 1. The Bertz CT molecular complexity index is 1610. The summed E-state index contributed by atoms with van der Waals surface area (Å²) in [5, 5.41) is 13.5. The lowest BCUT2D eigenvalue weighted by Crippen LogP contribution is -2.41. The Morgan fingerprint density at radius 3 is 2.71 bits per heavy atom. The normalized spacial score (nSPS) is 14.8. The van der Waals surface area contributed by atoms with Gasteiger partial charge in [0.15, 0.2) is 0 Å². The van der Waals surface area contributed by atoms with E-state index in [0.29, 0.717) is 47.0 Å². The van der Waals surface area contributed by atoms with Crippen molar-refractivity contribution in [1.82, 2.24) is 14.1 Å². The van der Waals surface area contributed by atoms with Crippen LogP contribution in [0, 0.1) is 5.82 Å². The largest absolute Gasteiger partial charge is 0.392 e. The number of nitrogens with zero attached hydrogens (tertiary/aromatic N) is 4. The fourth-order valence-electron chi connectivity index (χ4n) is 5.67. The van der Waals surface area contributed by atoms with Gasteiger partial charge in [0, 0.05) is 43.2 Å². The Labute approximate surface area is 219 Å². The van der Waals surface area contributed by atoms with Gasteiger partial charge in [0.25, 0.3) is 11.5 Å². The molecule has 3 aromatic heterocycles. The molecule has 0 saturated heterocycles. The van der Waals surface area contributed by atoms with E-state index >= 15 is 0 Å². The first-order valence-electron chi connectivity index (χ1n) is 12.8. The Morgan fingerprint density at radius 1 is 1.08 bits per heavy atom. The van der Waals surface area contributed by atoms with Crippen LogP contribution in [0.2, 0.25) is 0 Å². The van der Waals surface area contributed by atoms with Gasteiger partial charge < -0.3 is 24.5 Å². The molecule has 0 atom stereocenters. The van der Waals surface area contributed by atoms with Crippen molar-refractivity contribution in [1.29, 1.82) is 0 Å². The molecule has 0 bridgehead atoms. The Morgan fingerprint density at radius 2 is 1.92 bits per heavy atom. The van der Waals surface area contributed by atoms with Crippen LogP contribution in [0.25, 0.3) is 11.1 Å². The molecule has 4 heterocycles. The lowest BCUT2D eigenvalue weighted by molar-refractivity contribution is 0.0964. The van der Waals surface area contributed by atoms with E-state index in [1.54, 1.807) is 24.2 Å². The minimum absolute atomic E-state index is 0.0669. The number of amides is 1. The van der Waals surface area contributed by atoms with Crippen LogP contribution < -0.4 is 15.8 Å². The van der Waals surface area contributed by atoms with Crippen molar-refractivity contribution in [3.63, 3.8) is 0 Å². The van der Waals surface area contributed by atoms with E-state index in [4.69, 9.17) is 0 Å². The highest BCUT2D eigenvalue weighted by Gasteiger charge is 2.31.